The molecule has 0 heterocycles. The molecule has 1 amide bonds. The number of hydrogen-bond acceptors (Lipinski definition) is 3. The number of benzene rings is 2. The van der Waals surface area contributed by atoms with Gasteiger partial charge in [-0.2, -0.15) is 0 Å². The molecule has 0 aliphatic rings. The molecule has 0 aromatic heterocycles. The molecule has 4 N–H and O–H groups in total. The highest BCUT2D eigenvalue weighted by Gasteiger charge is 2.34. The first-order valence-electron chi connectivity index (χ1n) is 6.63. The number of rotatable bonds is 4. The van der Waals surface area contributed by atoms with Gasteiger partial charge in [0.2, 0.25) is 0 Å². The molecule has 0 bridgehead atoms. The Hall–Kier alpha value is -1.59. The Balaban J connectivity index is 2.28. The number of hydrogen-bond donors (Lipinski definition) is 3. The monoisotopic (exact) mass is 338 g/mol. The van der Waals surface area contributed by atoms with Gasteiger partial charge in [0.1, 0.15) is 0 Å². The van der Waals surface area contributed by atoms with Crippen molar-refractivity contribution >= 4 is 34.8 Å². The Morgan fingerprint density at radius 2 is 1.86 bits per heavy atom. The fourth-order valence-electron chi connectivity index (χ4n) is 1.98. The minimum absolute atomic E-state index is 0.291. The van der Waals surface area contributed by atoms with Gasteiger partial charge in [0.15, 0.2) is 5.60 Å². The van der Waals surface area contributed by atoms with E-state index < -0.39 is 11.5 Å². The summed E-state index contributed by atoms with van der Waals surface area (Å²) in [5.41, 5.74) is 5.41. The Kier molecular flexibility index (Phi) is 5.08. The van der Waals surface area contributed by atoms with Gasteiger partial charge in [-0.05, 0) is 48.9 Å². The van der Waals surface area contributed by atoms with Crippen molar-refractivity contribution in [1.82, 2.24) is 0 Å². The van der Waals surface area contributed by atoms with Crippen molar-refractivity contribution in [1.29, 1.82) is 0 Å². The molecule has 0 radical (unpaired) electrons. The maximum atomic E-state index is 12.4. The van der Waals surface area contributed by atoms with Crippen molar-refractivity contribution in [2.75, 3.05) is 5.32 Å². The normalized spacial score (nSPS) is 13.5. The molecule has 6 heteroatoms. The van der Waals surface area contributed by atoms with Crippen LogP contribution in [0.5, 0.6) is 0 Å². The molecule has 2 aromatic carbocycles. The first-order chi connectivity index (χ1) is 10.3. The smallest absolute Gasteiger partial charge is 0.260 e. The molecule has 2 rings (SSSR count). The molecule has 1 unspecified atom stereocenters. The summed E-state index contributed by atoms with van der Waals surface area (Å²) >= 11 is 11.9. The maximum Gasteiger partial charge on any atom is 0.260 e. The molecule has 0 fully saturated rings. The van der Waals surface area contributed by atoms with Crippen LogP contribution in [0, 0.1) is 0 Å². The lowest BCUT2D eigenvalue weighted by atomic mass is 9.93. The molecular weight excluding hydrogens is 323 g/mol. The molecule has 0 saturated carbocycles. The standard InChI is InChI=1S/C16H16Cl2N2O2/c1-16(22,13-8-10(9-19)2-7-14(13)18)15(21)20-12-5-3-11(17)4-6-12/h2-8,22H,9,19H2,1H3,(H,20,21). The van der Waals surface area contributed by atoms with Crippen LogP contribution in [0.15, 0.2) is 42.5 Å². The van der Waals surface area contributed by atoms with Gasteiger partial charge in [-0.1, -0.05) is 29.3 Å². The van der Waals surface area contributed by atoms with E-state index in [0.29, 0.717) is 27.8 Å². The lowest BCUT2D eigenvalue weighted by molar-refractivity contribution is -0.133. The Morgan fingerprint density at radius 1 is 1.23 bits per heavy atom. The van der Waals surface area contributed by atoms with Crippen LogP contribution in [0.1, 0.15) is 18.1 Å². The average Bonchev–Trinajstić information content (AvgIpc) is 2.49. The summed E-state index contributed by atoms with van der Waals surface area (Å²) in [6.45, 7) is 1.68. The van der Waals surface area contributed by atoms with Crippen molar-refractivity contribution in [3.05, 3.63) is 63.6 Å². The predicted octanol–water partition coefficient (Wildman–Crippen LogP) is 3.30. The van der Waals surface area contributed by atoms with Gasteiger partial charge < -0.3 is 16.2 Å². The predicted molar refractivity (Wildman–Crippen MR) is 89.0 cm³/mol. The van der Waals surface area contributed by atoms with E-state index in [1.165, 1.54) is 6.92 Å². The molecule has 116 valence electrons. The van der Waals surface area contributed by atoms with E-state index in [1.807, 2.05) is 0 Å². The topological polar surface area (TPSA) is 75.3 Å². The molecule has 2 aromatic rings. The third-order valence-electron chi connectivity index (χ3n) is 3.34. The van der Waals surface area contributed by atoms with Crippen LogP contribution >= 0.6 is 23.2 Å². The van der Waals surface area contributed by atoms with E-state index in [1.54, 1.807) is 42.5 Å². The maximum absolute atomic E-state index is 12.4. The first kappa shape index (κ1) is 16.8. The fourth-order valence-corrected chi connectivity index (χ4v) is 2.41. The first-order valence-corrected chi connectivity index (χ1v) is 7.38. The van der Waals surface area contributed by atoms with Gasteiger partial charge in [-0.15, -0.1) is 0 Å². The number of aliphatic hydroxyl groups is 1. The molecular formula is C16H16Cl2N2O2. The summed E-state index contributed by atoms with van der Waals surface area (Å²) < 4.78 is 0. The second-order valence-electron chi connectivity index (χ2n) is 5.05. The lowest BCUT2D eigenvalue weighted by Crippen LogP contribution is -2.37. The van der Waals surface area contributed by atoms with Crippen LogP contribution in [0.4, 0.5) is 5.69 Å². The summed E-state index contributed by atoms with van der Waals surface area (Å²) in [7, 11) is 0. The summed E-state index contributed by atoms with van der Waals surface area (Å²) in [5.74, 6) is -0.592. The van der Waals surface area contributed by atoms with E-state index >= 15 is 0 Å². The molecule has 0 aliphatic carbocycles. The summed E-state index contributed by atoms with van der Waals surface area (Å²) in [6, 6.07) is 11.6. The quantitative estimate of drug-likeness (QED) is 0.800. The summed E-state index contributed by atoms with van der Waals surface area (Å²) in [5, 5.41) is 14.1. The van der Waals surface area contributed by atoms with Gasteiger partial charge in [0.05, 0.1) is 0 Å². The van der Waals surface area contributed by atoms with Crippen LogP contribution in [-0.2, 0) is 16.9 Å². The lowest BCUT2D eigenvalue weighted by Gasteiger charge is -2.24. The largest absolute Gasteiger partial charge is 0.375 e. The van der Waals surface area contributed by atoms with Crippen LogP contribution < -0.4 is 11.1 Å². The second-order valence-corrected chi connectivity index (χ2v) is 5.90. The Bertz CT molecular complexity index is 685. The van der Waals surface area contributed by atoms with Crippen molar-refractivity contribution in [2.45, 2.75) is 19.1 Å². The Morgan fingerprint density at radius 3 is 2.45 bits per heavy atom. The average molecular weight is 339 g/mol. The van der Waals surface area contributed by atoms with Gasteiger partial charge in [0, 0.05) is 27.8 Å². The van der Waals surface area contributed by atoms with Gasteiger partial charge in [-0.3, -0.25) is 4.79 Å². The highest BCUT2D eigenvalue weighted by atomic mass is 35.5. The van der Waals surface area contributed by atoms with E-state index in [0.717, 1.165) is 5.56 Å². The third-order valence-corrected chi connectivity index (χ3v) is 3.92. The van der Waals surface area contributed by atoms with Crippen LogP contribution in [0.3, 0.4) is 0 Å². The van der Waals surface area contributed by atoms with E-state index in [2.05, 4.69) is 5.32 Å². The Labute approximate surface area is 138 Å². The number of nitrogens with two attached hydrogens (primary N) is 1. The number of amides is 1. The molecule has 4 nitrogen and oxygen atoms in total. The molecule has 22 heavy (non-hydrogen) atoms. The third kappa shape index (κ3) is 3.59. The van der Waals surface area contributed by atoms with Gasteiger partial charge in [-0.25, -0.2) is 0 Å². The minimum atomic E-state index is -1.79. The van der Waals surface area contributed by atoms with Crippen molar-refractivity contribution < 1.29 is 9.90 Å². The summed E-state index contributed by atoms with van der Waals surface area (Å²) in [4.78, 5) is 12.4. The zero-order valence-corrected chi connectivity index (χ0v) is 13.4. The zero-order chi connectivity index (χ0) is 16.3. The highest BCUT2D eigenvalue weighted by Crippen LogP contribution is 2.30. The van der Waals surface area contributed by atoms with E-state index in [4.69, 9.17) is 28.9 Å². The number of halogens is 2. The van der Waals surface area contributed by atoms with E-state index in [-0.39, 0.29) is 0 Å². The summed E-state index contributed by atoms with van der Waals surface area (Å²) in [6.07, 6.45) is 0. The molecule has 0 aliphatic heterocycles. The highest BCUT2D eigenvalue weighted by molar-refractivity contribution is 6.32. The number of nitrogens with one attached hydrogen (secondary N) is 1. The second kappa shape index (κ2) is 6.67. The van der Waals surface area contributed by atoms with Crippen LogP contribution in [0.2, 0.25) is 10.0 Å². The van der Waals surface area contributed by atoms with Crippen LogP contribution in [0.25, 0.3) is 0 Å². The van der Waals surface area contributed by atoms with Gasteiger partial charge in [0.25, 0.3) is 5.91 Å². The van der Waals surface area contributed by atoms with Crippen molar-refractivity contribution in [2.24, 2.45) is 5.73 Å². The minimum Gasteiger partial charge on any atom is -0.375 e. The number of anilines is 1. The number of carbonyl (C=O) groups is 1. The molecule has 1 atom stereocenters. The fraction of sp³-hybridized carbons (Fsp3) is 0.188. The van der Waals surface area contributed by atoms with E-state index in [9.17, 15) is 9.90 Å². The number of carbonyl (C=O) groups excluding carboxylic acids is 1. The van der Waals surface area contributed by atoms with Crippen LogP contribution in [-0.4, -0.2) is 11.0 Å². The zero-order valence-electron chi connectivity index (χ0n) is 11.9. The molecule has 0 spiro atoms. The SMILES string of the molecule is CC(O)(C(=O)Nc1ccc(Cl)cc1)c1cc(CN)ccc1Cl. The van der Waals surface area contributed by atoms with Crippen molar-refractivity contribution in [3.8, 4) is 0 Å². The van der Waals surface area contributed by atoms with Crippen molar-refractivity contribution in [3.63, 3.8) is 0 Å². The molecule has 0 saturated heterocycles. The van der Waals surface area contributed by atoms with Gasteiger partial charge >= 0.3 is 0 Å².